The fourth-order valence-corrected chi connectivity index (χ4v) is 3.83. The third-order valence-electron chi connectivity index (χ3n) is 5.37. The number of carbonyl (C=O) groups excluding carboxylic acids is 2. The highest BCUT2D eigenvalue weighted by molar-refractivity contribution is 6.30. The molecule has 0 bridgehead atoms. The molecule has 1 heterocycles. The molecule has 4 rings (SSSR count). The van der Waals surface area contributed by atoms with E-state index in [1.54, 1.807) is 85.3 Å². The summed E-state index contributed by atoms with van der Waals surface area (Å²) in [5, 5.41) is 10.2. The molecule has 0 saturated heterocycles. The van der Waals surface area contributed by atoms with Gasteiger partial charge in [-0.2, -0.15) is 5.26 Å². The Morgan fingerprint density at radius 1 is 1.00 bits per heavy atom. The van der Waals surface area contributed by atoms with Gasteiger partial charge >= 0.3 is 5.97 Å². The molecular weight excluding hydrogens is 440 g/mol. The molecule has 33 heavy (non-hydrogen) atoms. The largest absolute Gasteiger partial charge is 0.497 e. The number of hydrogen-bond donors (Lipinski definition) is 0. The first kappa shape index (κ1) is 22.1. The van der Waals surface area contributed by atoms with Crippen LogP contribution in [0.1, 0.15) is 27.2 Å². The number of benzene rings is 3. The third-order valence-corrected chi connectivity index (χ3v) is 5.62. The summed E-state index contributed by atoms with van der Waals surface area (Å²) in [6.45, 7) is 1.80. The summed E-state index contributed by atoms with van der Waals surface area (Å²) in [4.78, 5) is 26.1. The molecule has 0 spiro atoms. The van der Waals surface area contributed by atoms with Gasteiger partial charge in [0.15, 0.2) is 0 Å². The molecule has 4 aromatic rings. The lowest BCUT2D eigenvalue weighted by Gasteiger charge is -2.08. The molecular formula is C26H19ClN2O4. The van der Waals surface area contributed by atoms with Gasteiger partial charge in [0.2, 0.25) is 0 Å². The van der Waals surface area contributed by atoms with E-state index in [4.69, 9.17) is 26.3 Å². The van der Waals surface area contributed by atoms with Crippen LogP contribution in [-0.4, -0.2) is 23.6 Å². The number of aromatic nitrogens is 1. The number of nitriles is 1. The van der Waals surface area contributed by atoms with Crippen molar-refractivity contribution >= 4 is 34.4 Å². The van der Waals surface area contributed by atoms with Gasteiger partial charge in [0.1, 0.15) is 11.5 Å². The summed E-state index contributed by atoms with van der Waals surface area (Å²) in [5.74, 6) is 0.241. The Bertz CT molecular complexity index is 1400. The Balaban J connectivity index is 1.73. The first-order valence-corrected chi connectivity index (χ1v) is 10.5. The first-order chi connectivity index (χ1) is 15.9. The predicted octanol–water partition coefficient (Wildman–Crippen LogP) is 5.32. The maximum absolute atomic E-state index is 13.3. The van der Waals surface area contributed by atoms with Crippen LogP contribution in [0.2, 0.25) is 5.02 Å². The highest BCUT2D eigenvalue weighted by Gasteiger charge is 2.22. The van der Waals surface area contributed by atoms with Crippen LogP contribution < -0.4 is 9.47 Å². The number of carbonyl (C=O) groups is 2. The SMILES string of the molecule is COc1ccc2c(c1)c(CC(=O)Oc1ccc(C#N)cc1)c(C)n2C(=O)c1ccc(Cl)cc1. The minimum Gasteiger partial charge on any atom is -0.497 e. The number of hydrogen-bond acceptors (Lipinski definition) is 5. The summed E-state index contributed by atoms with van der Waals surface area (Å²) < 4.78 is 12.4. The van der Waals surface area contributed by atoms with Gasteiger partial charge in [-0.1, -0.05) is 11.6 Å². The summed E-state index contributed by atoms with van der Waals surface area (Å²) in [5.41, 5.74) is 2.91. The lowest BCUT2D eigenvalue weighted by Crippen LogP contribution is -2.15. The van der Waals surface area contributed by atoms with Crippen molar-refractivity contribution in [3.63, 3.8) is 0 Å². The lowest BCUT2D eigenvalue weighted by atomic mass is 10.1. The van der Waals surface area contributed by atoms with Gasteiger partial charge in [-0.3, -0.25) is 14.2 Å². The van der Waals surface area contributed by atoms with Crippen LogP contribution in [0.4, 0.5) is 0 Å². The molecule has 0 aliphatic rings. The predicted molar refractivity (Wildman–Crippen MR) is 125 cm³/mol. The fourth-order valence-electron chi connectivity index (χ4n) is 3.71. The van der Waals surface area contributed by atoms with Crippen molar-refractivity contribution in [2.24, 2.45) is 0 Å². The molecule has 3 aromatic carbocycles. The molecule has 0 atom stereocenters. The van der Waals surface area contributed by atoms with E-state index in [1.807, 2.05) is 6.07 Å². The van der Waals surface area contributed by atoms with Gasteiger partial charge in [0, 0.05) is 21.7 Å². The smallest absolute Gasteiger partial charge is 0.315 e. The van der Waals surface area contributed by atoms with Crippen molar-refractivity contribution < 1.29 is 19.1 Å². The van der Waals surface area contributed by atoms with E-state index in [-0.39, 0.29) is 12.3 Å². The molecule has 0 N–H and O–H groups in total. The number of nitrogens with zero attached hydrogens (tertiary/aromatic N) is 2. The molecule has 0 amide bonds. The Morgan fingerprint density at radius 3 is 2.30 bits per heavy atom. The van der Waals surface area contributed by atoms with Gasteiger partial charge in [-0.15, -0.1) is 0 Å². The molecule has 0 saturated carbocycles. The summed E-state index contributed by atoms with van der Waals surface area (Å²) >= 11 is 5.97. The van der Waals surface area contributed by atoms with Crippen LogP contribution in [0.15, 0.2) is 66.7 Å². The van der Waals surface area contributed by atoms with E-state index in [0.29, 0.717) is 44.4 Å². The zero-order chi connectivity index (χ0) is 23.5. The second-order valence-corrected chi connectivity index (χ2v) is 7.82. The normalized spacial score (nSPS) is 10.6. The monoisotopic (exact) mass is 458 g/mol. The molecule has 0 aliphatic carbocycles. The van der Waals surface area contributed by atoms with Crippen molar-refractivity contribution in [3.8, 4) is 17.6 Å². The average molecular weight is 459 g/mol. The number of halogens is 1. The topological polar surface area (TPSA) is 81.3 Å². The zero-order valence-electron chi connectivity index (χ0n) is 18.0. The standard InChI is InChI=1S/C26H19ClN2O4/c1-16-22(14-25(30)33-20-9-3-17(15-28)4-10-20)23-13-21(32-2)11-12-24(23)29(16)26(31)18-5-7-19(27)8-6-18/h3-13H,14H2,1-2H3. The molecule has 164 valence electrons. The molecule has 6 nitrogen and oxygen atoms in total. The third kappa shape index (κ3) is 4.45. The molecule has 0 aliphatic heterocycles. The van der Waals surface area contributed by atoms with E-state index >= 15 is 0 Å². The van der Waals surface area contributed by atoms with Crippen molar-refractivity contribution in [3.05, 3.63) is 94.1 Å². The maximum atomic E-state index is 13.3. The Kier molecular flexibility index (Phi) is 6.16. The summed E-state index contributed by atoms with van der Waals surface area (Å²) in [6.07, 6.45) is -0.0452. The maximum Gasteiger partial charge on any atom is 0.315 e. The lowest BCUT2D eigenvalue weighted by molar-refractivity contribution is -0.133. The number of fused-ring (bicyclic) bond motifs is 1. The summed E-state index contributed by atoms with van der Waals surface area (Å²) in [7, 11) is 1.56. The van der Waals surface area contributed by atoms with E-state index in [0.717, 1.165) is 5.39 Å². The van der Waals surface area contributed by atoms with Gasteiger partial charge in [0.05, 0.1) is 30.7 Å². The first-order valence-electron chi connectivity index (χ1n) is 10.1. The second-order valence-electron chi connectivity index (χ2n) is 7.38. The van der Waals surface area contributed by atoms with Gasteiger partial charge in [-0.25, -0.2) is 0 Å². The van der Waals surface area contributed by atoms with E-state index in [1.165, 1.54) is 0 Å². The summed E-state index contributed by atoms with van der Waals surface area (Å²) in [6, 6.07) is 20.3. The van der Waals surface area contributed by atoms with Crippen molar-refractivity contribution in [1.82, 2.24) is 4.57 Å². The van der Waals surface area contributed by atoms with Gasteiger partial charge in [0.25, 0.3) is 5.91 Å². The van der Waals surface area contributed by atoms with Crippen LogP contribution in [0, 0.1) is 18.3 Å². The molecule has 0 fully saturated rings. The van der Waals surface area contributed by atoms with Crippen molar-refractivity contribution in [2.45, 2.75) is 13.3 Å². The van der Waals surface area contributed by atoms with Crippen LogP contribution in [0.5, 0.6) is 11.5 Å². The zero-order valence-corrected chi connectivity index (χ0v) is 18.7. The fraction of sp³-hybridized carbons (Fsp3) is 0.115. The number of methoxy groups -OCH3 is 1. The van der Waals surface area contributed by atoms with E-state index in [9.17, 15) is 9.59 Å². The van der Waals surface area contributed by atoms with E-state index in [2.05, 4.69) is 0 Å². The number of ether oxygens (including phenoxy) is 2. The molecule has 0 radical (unpaired) electrons. The highest BCUT2D eigenvalue weighted by Crippen LogP contribution is 2.31. The van der Waals surface area contributed by atoms with Crippen molar-refractivity contribution in [2.75, 3.05) is 7.11 Å². The van der Waals surface area contributed by atoms with Crippen LogP contribution in [0.25, 0.3) is 10.9 Å². The minimum absolute atomic E-state index is 0.0452. The number of esters is 1. The Hall–Kier alpha value is -4.08. The minimum atomic E-state index is -0.483. The average Bonchev–Trinajstić information content (AvgIpc) is 3.10. The van der Waals surface area contributed by atoms with Crippen LogP contribution >= 0.6 is 11.6 Å². The number of rotatable bonds is 5. The van der Waals surface area contributed by atoms with Crippen LogP contribution in [-0.2, 0) is 11.2 Å². The van der Waals surface area contributed by atoms with Crippen molar-refractivity contribution in [1.29, 1.82) is 5.26 Å². The quantitative estimate of drug-likeness (QED) is 0.298. The van der Waals surface area contributed by atoms with E-state index < -0.39 is 5.97 Å². The molecule has 0 unspecified atom stereocenters. The second kappa shape index (κ2) is 9.19. The molecule has 7 heteroatoms. The molecule has 1 aromatic heterocycles. The van der Waals surface area contributed by atoms with Gasteiger partial charge in [-0.05, 0) is 79.2 Å². The highest BCUT2D eigenvalue weighted by atomic mass is 35.5. The Morgan fingerprint density at radius 2 is 1.67 bits per heavy atom. The van der Waals surface area contributed by atoms with Gasteiger partial charge < -0.3 is 9.47 Å². The Labute approximate surface area is 195 Å². The van der Waals surface area contributed by atoms with Crippen LogP contribution in [0.3, 0.4) is 0 Å².